The van der Waals surface area contributed by atoms with Crippen LogP contribution in [0.1, 0.15) is 20.3 Å². The Labute approximate surface area is 79.3 Å². The maximum Gasteiger partial charge on any atom is 0.155 e. The van der Waals surface area contributed by atoms with Crippen molar-refractivity contribution in [3.05, 3.63) is 36.5 Å². The van der Waals surface area contributed by atoms with Crippen LogP contribution in [0.2, 0.25) is 0 Å². The number of aliphatic hydroxyl groups excluding tert-OH is 1. The highest BCUT2D eigenvalue weighted by molar-refractivity contribution is 5.89. The van der Waals surface area contributed by atoms with Gasteiger partial charge < -0.3 is 5.11 Å². The van der Waals surface area contributed by atoms with E-state index in [2.05, 4.69) is 0 Å². The Morgan fingerprint density at radius 2 is 1.92 bits per heavy atom. The molecule has 13 heavy (non-hydrogen) atoms. The molecule has 72 valence electrons. The second-order valence-electron chi connectivity index (χ2n) is 2.69. The summed E-state index contributed by atoms with van der Waals surface area (Å²) in [6.45, 7) is 3.50. The van der Waals surface area contributed by atoms with Crippen LogP contribution in [0.4, 0.5) is 0 Å². The SMILES string of the molecule is CCC(=O)C=CC=CC=CC(C)O. The Morgan fingerprint density at radius 1 is 1.31 bits per heavy atom. The van der Waals surface area contributed by atoms with E-state index in [1.54, 1.807) is 37.3 Å². The van der Waals surface area contributed by atoms with Crippen LogP contribution >= 0.6 is 0 Å². The number of hydrogen-bond acceptors (Lipinski definition) is 2. The van der Waals surface area contributed by atoms with Crippen molar-refractivity contribution in [3.8, 4) is 0 Å². The van der Waals surface area contributed by atoms with E-state index in [1.165, 1.54) is 6.08 Å². The topological polar surface area (TPSA) is 37.3 Å². The van der Waals surface area contributed by atoms with Gasteiger partial charge >= 0.3 is 0 Å². The second-order valence-corrected chi connectivity index (χ2v) is 2.69. The van der Waals surface area contributed by atoms with Gasteiger partial charge in [-0.05, 0) is 13.0 Å². The average molecular weight is 180 g/mol. The number of hydrogen-bond donors (Lipinski definition) is 1. The van der Waals surface area contributed by atoms with E-state index in [1.807, 2.05) is 6.92 Å². The van der Waals surface area contributed by atoms with Crippen molar-refractivity contribution in [2.75, 3.05) is 0 Å². The van der Waals surface area contributed by atoms with E-state index < -0.39 is 6.10 Å². The summed E-state index contributed by atoms with van der Waals surface area (Å²) in [6, 6.07) is 0. The molecule has 0 aliphatic heterocycles. The minimum atomic E-state index is -0.425. The molecule has 1 N–H and O–H groups in total. The lowest BCUT2D eigenvalue weighted by atomic mass is 10.3. The zero-order valence-electron chi connectivity index (χ0n) is 8.10. The van der Waals surface area contributed by atoms with Crippen molar-refractivity contribution in [3.63, 3.8) is 0 Å². The minimum Gasteiger partial charge on any atom is -0.389 e. The van der Waals surface area contributed by atoms with Crippen molar-refractivity contribution in [1.29, 1.82) is 0 Å². The number of rotatable bonds is 5. The first-order valence-electron chi connectivity index (χ1n) is 4.39. The van der Waals surface area contributed by atoms with E-state index in [-0.39, 0.29) is 5.78 Å². The Balaban J connectivity index is 3.75. The fourth-order valence-corrected chi connectivity index (χ4v) is 0.634. The summed E-state index contributed by atoms with van der Waals surface area (Å²) in [4.78, 5) is 10.8. The summed E-state index contributed by atoms with van der Waals surface area (Å²) in [5.41, 5.74) is 0. The van der Waals surface area contributed by atoms with Crippen LogP contribution in [0.3, 0.4) is 0 Å². The molecule has 1 atom stereocenters. The highest BCUT2D eigenvalue weighted by Crippen LogP contribution is 1.87. The molecule has 0 bridgehead atoms. The lowest BCUT2D eigenvalue weighted by molar-refractivity contribution is -0.114. The molecule has 0 aliphatic rings. The zero-order chi connectivity index (χ0) is 10.1. The molecule has 1 unspecified atom stereocenters. The molecule has 0 rings (SSSR count). The third-order valence-corrected chi connectivity index (χ3v) is 1.35. The average Bonchev–Trinajstić information content (AvgIpc) is 2.10. The molecule has 0 saturated carbocycles. The largest absolute Gasteiger partial charge is 0.389 e. The standard InChI is InChI=1S/C11H16O2/c1-3-11(13)9-7-5-4-6-8-10(2)12/h4-10,12H,3H2,1-2H3. The molecule has 0 aromatic carbocycles. The quantitative estimate of drug-likeness (QED) is 0.519. The molecular weight excluding hydrogens is 164 g/mol. The summed E-state index contributed by atoms with van der Waals surface area (Å²) in [6.07, 6.45) is 10.3. The number of carbonyl (C=O) groups excluding carboxylic acids is 1. The van der Waals surface area contributed by atoms with Gasteiger partial charge in [-0.25, -0.2) is 0 Å². The summed E-state index contributed by atoms with van der Waals surface area (Å²) in [5, 5.41) is 8.84. The number of allylic oxidation sites excluding steroid dienone is 5. The number of carbonyl (C=O) groups is 1. The van der Waals surface area contributed by atoms with Crippen LogP contribution in [-0.4, -0.2) is 17.0 Å². The molecule has 0 spiro atoms. The van der Waals surface area contributed by atoms with Gasteiger partial charge in [0.2, 0.25) is 0 Å². The Hall–Kier alpha value is -1.15. The smallest absolute Gasteiger partial charge is 0.155 e. The Kier molecular flexibility index (Phi) is 6.83. The molecule has 0 heterocycles. The molecule has 0 aromatic heterocycles. The second kappa shape index (κ2) is 7.50. The third kappa shape index (κ3) is 8.76. The first kappa shape index (κ1) is 11.8. The lowest BCUT2D eigenvalue weighted by Gasteiger charge is -1.88. The Morgan fingerprint density at radius 3 is 2.46 bits per heavy atom. The molecule has 0 fully saturated rings. The van der Waals surface area contributed by atoms with Crippen molar-refractivity contribution in [1.82, 2.24) is 0 Å². The maximum absolute atomic E-state index is 10.8. The molecule has 0 aliphatic carbocycles. The molecule has 0 amide bonds. The van der Waals surface area contributed by atoms with E-state index in [0.29, 0.717) is 6.42 Å². The first-order chi connectivity index (χ1) is 6.16. The van der Waals surface area contributed by atoms with Gasteiger partial charge in [0.05, 0.1) is 6.10 Å². The van der Waals surface area contributed by atoms with Crippen LogP contribution in [0, 0.1) is 0 Å². The summed E-state index contributed by atoms with van der Waals surface area (Å²) in [7, 11) is 0. The molecule has 0 saturated heterocycles. The van der Waals surface area contributed by atoms with Gasteiger partial charge in [-0.15, -0.1) is 0 Å². The molecule has 2 heteroatoms. The van der Waals surface area contributed by atoms with E-state index in [0.717, 1.165) is 0 Å². The van der Waals surface area contributed by atoms with Gasteiger partial charge in [-0.1, -0.05) is 37.3 Å². The van der Waals surface area contributed by atoms with E-state index in [9.17, 15) is 4.79 Å². The van der Waals surface area contributed by atoms with Crippen molar-refractivity contribution in [2.24, 2.45) is 0 Å². The summed E-state index contributed by atoms with van der Waals surface area (Å²) >= 11 is 0. The molecule has 0 radical (unpaired) electrons. The maximum atomic E-state index is 10.8. The van der Waals surface area contributed by atoms with Gasteiger partial charge in [0.15, 0.2) is 5.78 Å². The number of ketones is 1. The summed E-state index contributed by atoms with van der Waals surface area (Å²) < 4.78 is 0. The monoisotopic (exact) mass is 180 g/mol. The van der Waals surface area contributed by atoms with Crippen LogP contribution in [0.5, 0.6) is 0 Å². The predicted molar refractivity (Wildman–Crippen MR) is 54.4 cm³/mol. The first-order valence-corrected chi connectivity index (χ1v) is 4.39. The van der Waals surface area contributed by atoms with Crippen LogP contribution in [-0.2, 0) is 4.79 Å². The summed E-state index contributed by atoms with van der Waals surface area (Å²) in [5.74, 6) is 0.115. The van der Waals surface area contributed by atoms with Gasteiger partial charge in [-0.2, -0.15) is 0 Å². The normalized spacial score (nSPS) is 14.7. The lowest BCUT2D eigenvalue weighted by Crippen LogP contribution is -1.90. The van der Waals surface area contributed by atoms with Crippen LogP contribution < -0.4 is 0 Å². The molecule has 0 aromatic rings. The van der Waals surface area contributed by atoms with Crippen LogP contribution in [0.25, 0.3) is 0 Å². The highest BCUT2D eigenvalue weighted by atomic mass is 16.3. The van der Waals surface area contributed by atoms with Gasteiger partial charge in [0, 0.05) is 6.42 Å². The van der Waals surface area contributed by atoms with Gasteiger partial charge in [0.25, 0.3) is 0 Å². The highest BCUT2D eigenvalue weighted by Gasteiger charge is 1.85. The number of aliphatic hydroxyl groups is 1. The predicted octanol–water partition coefficient (Wildman–Crippen LogP) is 2.01. The van der Waals surface area contributed by atoms with Crippen molar-refractivity contribution < 1.29 is 9.90 Å². The third-order valence-electron chi connectivity index (χ3n) is 1.35. The minimum absolute atomic E-state index is 0.115. The van der Waals surface area contributed by atoms with Crippen molar-refractivity contribution in [2.45, 2.75) is 26.4 Å². The van der Waals surface area contributed by atoms with E-state index >= 15 is 0 Å². The van der Waals surface area contributed by atoms with Gasteiger partial charge in [-0.3, -0.25) is 4.79 Å². The molecular formula is C11H16O2. The molecule has 2 nitrogen and oxygen atoms in total. The van der Waals surface area contributed by atoms with Crippen molar-refractivity contribution >= 4 is 5.78 Å². The Bertz CT molecular complexity index is 222. The van der Waals surface area contributed by atoms with Crippen LogP contribution in [0.15, 0.2) is 36.5 Å². The zero-order valence-corrected chi connectivity index (χ0v) is 8.10. The van der Waals surface area contributed by atoms with Gasteiger partial charge in [0.1, 0.15) is 0 Å². The fourth-order valence-electron chi connectivity index (χ4n) is 0.634. The van der Waals surface area contributed by atoms with E-state index in [4.69, 9.17) is 5.11 Å². The fraction of sp³-hybridized carbons (Fsp3) is 0.364.